The lowest BCUT2D eigenvalue weighted by Gasteiger charge is -2.28. The van der Waals surface area contributed by atoms with E-state index in [1.54, 1.807) is 24.3 Å². The molecule has 0 heterocycles. The number of non-ortho nitro benzene ring substituents is 1. The highest BCUT2D eigenvalue weighted by atomic mass is 80.0. The van der Waals surface area contributed by atoms with E-state index in [0.29, 0.717) is 11.3 Å². The molecule has 1 atom stereocenters. The number of rotatable bonds is 5. The summed E-state index contributed by atoms with van der Waals surface area (Å²) in [5.74, 6) is -0.286. The van der Waals surface area contributed by atoms with Crippen molar-refractivity contribution in [2.45, 2.75) is 15.2 Å². The van der Waals surface area contributed by atoms with E-state index in [1.807, 2.05) is 19.1 Å². The van der Waals surface area contributed by atoms with E-state index in [1.165, 1.54) is 12.1 Å². The summed E-state index contributed by atoms with van der Waals surface area (Å²) < 4.78 is -0.863. The standard InChI is InChI=1S/C16H14Br3N3O3/c1-10-5-7-11(8-6-10)14(23)21-15(16(17,18)19)20-12-3-2-4-13(9-12)22(24)25/h2-9,15,20H,1H3,(H,21,23)/t15-/m0/s1. The van der Waals surface area contributed by atoms with Gasteiger partial charge in [0.2, 0.25) is 0 Å². The highest BCUT2D eigenvalue weighted by Crippen LogP contribution is 2.38. The number of halogens is 3. The highest BCUT2D eigenvalue weighted by Gasteiger charge is 2.32. The van der Waals surface area contributed by atoms with Gasteiger partial charge in [-0.1, -0.05) is 71.6 Å². The van der Waals surface area contributed by atoms with Gasteiger partial charge in [0.1, 0.15) is 6.17 Å². The third-order valence-corrected chi connectivity index (χ3v) is 4.66. The van der Waals surface area contributed by atoms with Gasteiger partial charge < -0.3 is 10.6 Å². The molecule has 0 aromatic heterocycles. The molecule has 0 bridgehead atoms. The molecule has 2 N–H and O–H groups in total. The van der Waals surface area contributed by atoms with E-state index in [4.69, 9.17) is 0 Å². The van der Waals surface area contributed by atoms with Crippen LogP contribution in [0, 0.1) is 17.0 Å². The number of nitro groups is 1. The van der Waals surface area contributed by atoms with Crippen molar-refractivity contribution in [3.8, 4) is 0 Å². The molecule has 0 saturated carbocycles. The predicted molar refractivity (Wildman–Crippen MR) is 109 cm³/mol. The Labute approximate surface area is 169 Å². The molecule has 25 heavy (non-hydrogen) atoms. The van der Waals surface area contributed by atoms with E-state index in [0.717, 1.165) is 5.56 Å². The number of anilines is 1. The fourth-order valence-corrected chi connectivity index (χ4v) is 2.68. The van der Waals surface area contributed by atoms with Crippen molar-refractivity contribution in [1.29, 1.82) is 0 Å². The number of nitrogens with zero attached hydrogens (tertiary/aromatic N) is 1. The Morgan fingerprint density at radius 3 is 2.36 bits per heavy atom. The molecule has 0 fully saturated rings. The Balaban J connectivity index is 2.19. The third kappa shape index (κ3) is 5.79. The van der Waals surface area contributed by atoms with Crippen LogP contribution in [-0.4, -0.2) is 19.1 Å². The molecule has 0 radical (unpaired) electrons. The molecule has 0 aliphatic rings. The Hall–Kier alpha value is -1.45. The summed E-state index contributed by atoms with van der Waals surface area (Å²) in [7, 11) is 0. The van der Waals surface area contributed by atoms with E-state index in [2.05, 4.69) is 58.4 Å². The topological polar surface area (TPSA) is 84.3 Å². The molecule has 132 valence electrons. The van der Waals surface area contributed by atoms with Crippen molar-refractivity contribution in [3.63, 3.8) is 0 Å². The summed E-state index contributed by atoms with van der Waals surface area (Å²) in [4.78, 5) is 22.9. The number of nitrogens with one attached hydrogen (secondary N) is 2. The molecule has 0 spiro atoms. The SMILES string of the molecule is Cc1ccc(C(=O)N[C@H](Nc2cccc([N+](=O)[O-])c2)C(Br)(Br)Br)cc1. The van der Waals surface area contributed by atoms with Crippen molar-refractivity contribution in [3.05, 3.63) is 69.8 Å². The molecule has 0 unspecified atom stereocenters. The fraction of sp³-hybridized carbons (Fsp3) is 0.188. The van der Waals surface area contributed by atoms with Gasteiger partial charge in [-0.25, -0.2) is 0 Å². The van der Waals surface area contributed by atoms with Crippen LogP contribution in [0.3, 0.4) is 0 Å². The van der Waals surface area contributed by atoms with Crippen LogP contribution in [0.5, 0.6) is 0 Å². The van der Waals surface area contributed by atoms with Crippen molar-refractivity contribution < 1.29 is 9.72 Å². The number of carbonyl (C=O) groups excluding carboxylic acids is 1. The van der Waals surface area contributed by atoms with Gasteiger partial charge in [-0.2, -0.15) is 0 Å². The van der Waals surface area contributed by atoms with Crippen molar-refractivity contribution in [2.24, 2.45) is 0 Å². The van der Waals surface area contributed by atoms with Gasteiger partial charge in [0.15, 0.2) is 2.14 Å². The maximum Gasteiger partial charge on any atom is 0.271 e. The molecule has 0 aliphatic carbocycles. The first-order valence-corrected chi connectivity index (χ1v) is 9.50. The van der Waals surface area contributed by atoms with Crippen LogP contribution in [-0.2, 0) is 0 Å². The lowest BCUT2D eigenvalue weighted by atomic mass is 10.1. The first kappa shape index (κ1) is 19.9. The average Bonchev–Trinajstić information content (AvgIpc) is 2.54. The van der Waals surface area contributed by atoms with Crippen LogP contribution < -0.4 is 10.6 Å². The molecular formula is C16H14Br3N3O3. The maximum absolute atomic E-state index is 12.5. The molecule has 0 aliphatic heterocycles. The van der Waals surface area contributed by atoms with Gasteiger partial charge >= 0.3 is 0 Å². The normalized spacial score (nSPS) is 12.3. The van der Waals surface area contributed by atoms with E-state index in [-0.39, 0.29) is 11.6 Å². The Bertz CT molecular complexity index is 776. The second-order valence-electron chi connectivity index (χ2n) is 5.27. The number of aryl methyl sites for hydroxylation is 1. The molecule has 6 nitrogen and oxygen atoms in total. The second-order valence-corrected chi connectivity index (χ2v) is 12.2. The number of hydrogen-bond donors (Lipinski definition) is 2. The summed E-state index contributed by atoms with van der Waals surface area (Å²) in [5.41, 5.74) is 2.01. The van der Waals surface area contributed by atoms with Crippen LogP contribution in [0.2, 0.25) is 0 Å². The van der Waals surface area contributed by atoms with Crippen molar-refractivity contribution in [2.75, 3.05) is 5.32 Å². The molecule has 1 amide bonds. The summed E-state index contributed by atoms with van der Waals surface area (Å²) in [6, 6.07) is 13.2. The number of benzene rings is 2. The van der Waals surface area contributed by atoms with Gasteiger partial charge in [0.05, 0.1) is 4.92 Å². The molecule has 2 rings (SSSR count). The van der Waals surface area contributed by atoms with Crippen molar-refractivity contribution >= 4 is 65.1 Å². The highest BCUT2D eigenvalue weighted by molar-refractivity contribution is 9.39. The second kappa shape index (κ2) is 8.29. The Morgan fingerprint density at radius 1 is 1.16 bits per heavy atom. The van der Waals surface area contributed by atoms with Crippen LogP contribution in [0.4, 0.5) is 11.4 Å². The van der Waals surface area contributed by atoms with Crippen LogP contribution in [0.1, 0.15) is 15.9 Å². The maximum atomic E-state index is 12.5. The Kier molecular flexibility index (Phi) is 6.59. The first-order chi connectivity index (χ1) is 11.7. The van der Waals surface area contributed by atoms with Gasteiger partial charge in [-0.15, -0.1) is 0 Å². The van der Waals surface area contributed by atoms with Crippen LogP contribution in [0.15, 0.2) is 48.5 Å². The number of nitro benzene ring substituents is 1. The number of alkyl halides is 3. The molecule has 2 aromatic rings. The minimum atomic E-state index is -0.863. The van der Waals surface area contributed by atoms with Gasteiger partial charge in [0, 0.05) is 23.4 Å². The van der Waals surface area contributed by atoms with E-state index >= 15 is 0 Å². The number of amides is 1. The fourth-order valence-electron chi connectivity index (χ4n) is 2.00. The van der Waals surface area contributed by atoms with E-state index in [9.17, 15) is 14.9 Å². The Morgan fingerprint density at radius 2 is 1.80 bits per heavy atom. The quantitative estimate of drug-likeness (QED) is 0.247. The minimum absolute atomic E-state index is 0.0436. The minimum Gasteiger partial charge on any atom is -0.363 e. The summed E-state index contributed by atoms with van der Waals surface area (Å²) in [5, 5.41) is 16.8. The molecular weight excluding hydrogens is 522 g/mol. The van der Waals surface area contributed by atoms with E-state index < -0.39 is 13.2 Å². The third-order valence-electron chi connectivity index (χ3n) is 3.28. The first-order valence-electron chi connectivity index (χ1n) is 7.12. The zero-order valence-electron chi connectivity index (χ0n) is 13.0. The number of carbonyl (C=O) groups is 1. The monoisotopic (exact) mass is 533 g/mol. The zero-order chi connectivity index (χ0) is 18.6. The molecule has 9 heteroatoms. The number of hydrogen-bond acceptors (Lipinski definition) is 4. The van der Waals surface area contributed by atoms with Crippen LogP contribution >= 0.6 is 47.8 Å². The summed E-state index contributed by atoms with van der Waals surface area (Å²) in [6.07, 6.45) is -0.650. The van der Waals surface area contributed by atoms with Gasteiger partial charge in [0.25, 0.3) is 11.6 Å². The molecule has 2 aromatic carbocycles. The van der Waals surface area contributed by atoms with Gasteiger partial charge in [-0.05, 0) is 25.1 Å². The van der Waals surface area contributed by atoms with Gasteiger partial charge in [-0.3, -0.25) is 14.9 Å². The average molecular weight is 536 g/mol. The lowest BCUT2D eigenvalue weighted by molar-refractivity contribution is -0.384. The zero-order valence-corrected chi connectivity index (χ0v) is 17.8. The molecule has 0 saturated heterocycles. The largest absolute Gasteiger partial charge is 0.363 e. The predicted octanol–water partition coefficient (Wildman–Crippen LogP) is 4.91. The summed E-state index contributed by atoms with van der Waals surface area (Å²) >= 11 is 10.2. The smallest absolute Gasteiger partial charge is 0.271 e. The lowest BCUT2D eigenvalue weighted by Crippen LogP contribution is -2.48. The van der Waals surface area contributed by atoms with Crippen LogP contribution in [0.25, 0.3) is 0 Å². The summed E-state index contributed by atoms with van der Waals surface area (Å²) in [6.45, 7) is 1.94. The van der Waals surface area contributed by atoms with Crippen molar-refractivity contribution in [1.82, 2.24) is 5.32 Å².